The van der Waals surface area contributed by atoms with Crippen LogP contribution in [0.5, 0.6) is 11.5 Å². The molecule has 0 spiro atoms. The number of halogens is 2. The van der Waals surface area contributed by atoms with Gasteiger partial charge in [-0.3, -0.25) is 10.1 Å². The first kappa shape index (κ1) is 16.0. The fourth-order valence-corrected chi connectivity index (χ4v) is 3.25. The summed E-state index contributed by atoms with van der Waals surface area (Å²) < 4.78 is 7.79. The molecule has 0 unspecified atom stereocenters. The van der Waals surface area contributed by atoms with Crippen LogP contribution in [0.15, 0.2) is 57.5 Å². The van der Waals surface area contributed by atoms with Crippen LogP contribution >= 0.6 is 31.9 Å². The van der Waals surface area contributed by atoms with E-state index in [0.717, 1.165) is 19.7 Å². The zero-order chi connectivity index (χ0) is 16.6. The second kappa shape index (κ2) is 6.29. The van der Waals surface area contributed by atoms with Gasteiger partial charge in [-0.05, 0) is 63.5 Å². The van der Waals surface area contributed by atoms with Crippen LogP contribution in [-0.4, -0.2) is 4.92 Å². The third-order valence-electron chi connectivity index (χ3n) is 3.47. The van der Waals surface area contributed by atoms with Crippen molar-refractivity contribution in [2.75, 3.05) is 0 Å². The quantitative estimate of drug-likeness (QED) is 0.353. The van der Waals surface area contributed by atoms with Gasteiger partial charge in [0.25, 0.3) is 5.69 Å². The van der Waals surface area contributed by atoms with E-state index < -0.39 is 4.92 Å². The monoisotopic (exact) mass is 435 g/mol. The van der Waals surface area contributed by atoms with Gasteiger partial charge in [-0.2, -0.15) is 0 Å². The Balaban J connectivity index is 2.00. The normalized spacial score (nSPS) is 10.7. The summed E-state index contributed by atoms with van der Waals surface area (Å²) in [6, 6.07) is 14.4. The van der Waals surface area contributed by atoms with Crippen LogP contribution in [0.3, 0.4) is 0 Å². The molecule has 0 aliphatic carbocycles. The van der Waals surface area contributed by atoms with Gasteiger partial charge in [0.15, 0.2) is 0 Å². The Labute approximate surface area is 149 Å². The number of nitro groups is 1. The largest absolute Gasteiger partial charge is 0.456 e. The molecule has 116 valence electrons. The van der Waals surface area contributed by atoms with Crippen molar-refractivity contribution in [3.8, 4) is 11.5 Å². The number of rotatable bonds is 3. The summed E-state index contributed by atoms with van der Waals surface area (Å²) >= 11 is 7.03. The van der Waals surface area contributed by atoms with Gasteiger partial charge in [0.1, 0.15) is 11.5 Å². The number of hydrogen-bond donors (Lipinski definition) is 0. The van der Waals surface area contributed by atoms with Gasteiger partial charge >= 0.3 is 0 Å². The van der Waals surface area contributed by atoms with Gasteiger partial charge in [0, 0.05) is 16.6 Å². The van der Waals surface area contributed by atoms with E-state index >= 15 is 0 Å². The molecule has 3 aromatic carbocycles. The number of benzene rings is 3. The van der Waals surface area contributed by atoms with E-state index in [1.807, 2.05) is 30.3 Å². The molecule has 0 atom stereocenters. The number of hydrogen-bond acceptors (Lipinski definition) is 3. The van der Waals surface area contributed by atoms with E-state index in [-0.39, 0.29) is 5.69 Å². The molecule has 0 fully saturated rings. The van der Waals surface area contributed by atoms with Crippen LogP contribution in [0.2, 0.25) is 0 Å². The average molecular weight is 437 g/mol. The Bertz CT molecular complexity index is 925. The predicted octanol–water partition coefficient (Wildman–Crippen LogP) is 6.37. The first-order valence-corrected chi connectivity index (χ1v) is 8.35. The Morgan fingerprint density at radius 2 is 1.74 bits per heavy atom. The van der Waals surface area contributed by atoms with E-state index in [1.54, 1.807) is 13.0 Å². The summed E-state index contributed by atoms with van der Waals surface area (Å²) in [5.74, 6) is 1.25. The highest BCUT2D eigenvalue weighted by Gasteiger charge is 2.12. The molecule has 23 heavy (non-hydrogen) atoms. The topological polar surface area (TPSA) is 52.4 Å². The lowest BCUT2D eigenvalue weighted by atomic mass is 10.1. The van der Waals surface area contributed by atoms with Gasteiger partial charge < -0.3 is 4.74 Å². The zero-order valence-corrected chi connectivity index (χ0v) is 15.2. The smallest absolute Gasteiger partial charge is 0.269 e. The van der Waals surface area contributed by atoms with Crippen LogP contribution in [0.1, 0.15) is 5.56 Å². The molecule has 0 N–H and O–H groups in total. The highest BCUT2D eigenvalue weighted by molar-refractivity contribution is 9.11. The Morgan fingerprint density at radius 1 is 1.00 bits per heavy atom. The molecule has 0 aliphatic rings. The number of fused-ring (bicyclic) bond motifs is 1. The molecule has 0 radical (unpaired) electrons. The minimum atomic E-state index is -0.416. The first-order valence-electron chi connectivity index (χ1n) is 6.76. The molecule has 3 aromatic rings. The molecule has 0 bridgehead atoms. The van der Waals surface area contributed by atoms with Crippen LogP contribution in [0.25, 0.3) is 10.8 Å². The number of nitro benzene ring substituents is 1. The van der Waals surface area contributed by atoms with E-state index in [0.29, 0.717) is 17.1 Å². The second-order valence-electron chi connectivity index (χ2n) is 5.05. The summed E-state index contributed by atoms with van der Waals surface area (Å²) in [6.45, 7) is 1.79. The lowest BCUT2D eigenvalue weighted by molar-refractivity contribution is -0.384. The molecule has 4 nitrogen and oxygen atoms in total. The van der Waals surface area contributed by atoms with Crippen molar-refractivity contribution in [3.05, 3.63) is 73.2 Å². The molecule has 6 heteroatoms. The average Bonchev–Trinajstić information content (AvgIpc) is 2.51. The molecule has 0 saturated carbocycles. The van der Waals surface area contributed by atoms with Crippen molar-refractivity contribution in [3.63, 3.8) is 0 Å². The Kier molecular flexibility index (Phi) is 4.37. The van der Waals surface area contributed by atoms with Gasteiger partial charge in [0.05, 0.1) is 9.40 Å². The molecule has 0 amide bonds. The van der Waals surface area contributed by atoms with Crippen LogP contribution < -0.4 is 4.74 Å². The Hall–Kier alpha value is -1.92. The number of non-ortho nitro benzene ring substituents is 1. The van der Waals surface area contributed by atoms with Crippen LogP contribution in [-0.2, 0) is 0 Å². The molecule has 0 aromatic heterocycles. The van der Waals surface area contributed by atoms with Crippen molar-refractivity contribution >= 4 is 48.3 Å². The zero-order valence-electron chi connectivity index (χ0n) is 12.0. The SMILES string of the molecule is Cc1cc([N+](=O)[O-])ccc1Oc1ccc2cc(Br)ccc2c1Br. The molecular weight excluding hydrogens is 426 g/mol. The fraction of sp³-hybridized carbons (Fsp3) is 0.0588. The minimum absolute atomic E-state index is 0.0530. The molecule has 0 aliphatic heterocycles. The summed E-state index contributed by atoms with van der Waals surface area (Å²) in [5.41, 5.74) is 0.763. The van der Waals surface area contributed by atoms with Crippen molar-refractivity contribution in [1.29, 1.82) is 0 Å². The minimum Gasteiger partial charge on any atom is -0.456 e. The number of aryl methyl sites for hydroxylation is 1. The lowest BCUT2D eigenvalue weighted by Gasteiger charge is -2.12. The summed E-state index contributed by atoms with van der Waals surface area (Å²) in [7, 11) is 0. The maximum absolute atomic E-state index is 10.8. The van der Waals surface area contributed by atoms with E-state index in [4.69, 9.17) is 4.74 Å². The molecule has 0 heterocycles. The van der Waals surface area contributed by atoms with E-state index in [2.05, 4.69) is 31.9 Å². The summed E-state index contributed by atoms with van der Waals surface area (Å²) in [6.07, 6.45) is 0. The summed E-state index contributed by atoms with van der Waals surface area (Å²) in [5, 5.41) is 12.9. The van der Waals surface area contributed by atoms with E-state index in [9.17, 15) is 10.1 Å². The maximum atomic E-state index is 10.8. The predicted molar refractivity (Wildman–Crippen MR) is 97.3 cm³/mol. The van der Waals surface area contributed by atoms with Crippen molar-refractivity contribution < 1.29 is 9.66 Å². The van der Waals surface area contributed by atoms with Crippen LogP contribution in [0, 0.1) is 17.0 Å². The van der Waals surface area contributed by atoms with Crippen molar-refractivity contribution in [2.45, 2.75) is 6.92 Å². The fourth-order valence-electron chi connectivity index (χ4n) is 2.30. The van der Waals surface area contributed by atoms with Crippen molar-refractivity contribution in [1.82, 2.24) is 0 Å². The lowest BCUT2D eigenvalue weighted by Crippen LogP contribution is -1.92. The standard InChI is InChI=1S/C17H11Br2NO3/c1-10-8-13(20(21)22)4-7-15(10)23-16-6-2-11-9-12(18)3-5-14(11)17(16)19/h2-9H,1H3. The molecule has 3 rings (SSSR count). The number of ether oxygens (including phenoxy) is 1. The van der Waals surface area contributed by atoms with Gasteiger partial charge in [-0.25, -0.2) is 0 Å². The highest BCUT2D eigenvalue weighted by Crippen LogP contribution is 2.38. The van der Waals surface area contributed by atoms with Gasteiger partial charge in [-0.15, -0.1) is 0 Å². The third-order valence-corrected chi connectivity index (χ3v) is 4.78. The van der Waals surface area contributed by atoms with Crippen molar-refractivity contribution in [2.24, 2.45) is 0 Å². The number of nitrogens with zero attached hydrogens (tertiary/aromatic N) is 1. The molecular formula is C17H11Br2NO3. The maximum Gasteiger partial charge on any atom is 0.269 e. The Morgan fingerprint density at radius 3 is 2.43 bits per heavy atom. The molecule has 0 saturated heterocycles. The van der Waals surface area contributed by atoms with Gasteiger partial charge in [-0.1, -0.05) is 28.1 Å². The second-order valence-corrected chi connectivity index (χ2v) is 6.76. The first-order chi connectivity index (χ1) is 11.0. The van der Waals surface area contributed by atoms with Crippen LogP contribution in [0.4, 0.5) is 5.69 Å². The van der Waals surface area contributed by atoms with Gasteiger partial charge in [0.2, 0.25) is 0 Å². The van der Waals surface area contributed by atoms with E-state index in [1.165, 1.54) is 12.1 Å². The third kappa shape index (κ3) is 3.23. The summed E-state index contributed by atoms with van der Waals surface area (Å²) in [4.78, 5) is 10.4. The highest BCUT2D eigenvalue weighted by atomic mass is 79.9.